The van der Waals surface area contributed by atoms with Gasteiger partial charge in [0, 0.05) is 36.6 Å². The molecule has 0 radical (unpaired) electrons. The van der Waals surface area contributed by atoms with Gasteiger partial charge in [0.2, 0.25) is 15.9 Å². The first-order valence-corrected chi connectivity index (χ1v) is 12.1. The van der Waals surface area contributed by atoms with Gasteiger partial charge < -0.3 is 5.32 Å². The molecule has 2 heterocycles. The minimum atomic E-state index is -3.56. The minimum Gasteiger partial charge on any atom is -0.322 e. The molecule has 0 atom stereocenters. The number of aryl methyl sites for hydroxylation is 1. The van der Waals surface area contributed by atoms with Gasteiger partial charge in [-0.2, -0.15) is 9.40 Å². The van der Waals surface area contributed by atoms with Crippen molar-refractivity contribution in [3.05, 3.63) is 78.1 Å². The summed E-state index contributed by atoms with van der Waals surface area (Å²) in [6, 6.07) is 14.6. The Kier molecular flexibility index (Phi) is 6.53. The Bertz CT molecular complexity index is 1230. The Balaban J connectivity index is 1.46. The lowest BCUT2D eigenvalue weighted by Crippen LogP contribution is -2.35. The molecule has 7 nitrogen and oxygen atoms in total. The first-order valence-electron chi connectivity index (χ1n) is 10.6. The summed E-state index contributed by atoms with van der Waals surface area (Å²) in [4.78, 5) is 12.7. The lowest BCUT2D eigenvalue weighted by Gasteiger charge is -2.26. The van der Waals surface area contributed by atoms with E-state index in [9.17, 15) is 13.2 Å². The van der Waals surface area contributed by atoms with Crippen LogP contribution in [0.4, 0.5) is 5.69 Å². The Hall–Kier alpha value is -3.23. The molecule has 32 heavy (non-hydrogen) atoms. The maximum atomic E-state index is 13.0. The average Bonchev–Trinajstić information content (AvgIpc) is 3.29. The monoisotopic (exact) mass is 450 g/mol. The highest BCUT2D eigenvalue weighted by Crippen LogP contribution is 2.25. The second-order valence-corrected chi connectivity index (χ2v) is 9.76. The summed E-state index contributed by atoms with van der Waals surface area (Å²) >= 11 is 0. The predicted molar refractivity (Wildman–Crippen MR) is 125 cm³/mol. The molecule has 3 aromatic rings. The van der Waals surface area contributed by atoms with Crippen LogP contribution < -0.4 is 5.32 Å². The number of carbonyl (C=O) groups is 1. The fourth-order valence-corrected chi connectivity index (χ4v) is 5.19. The molecule has 0 spiro atoms. The Morgan fingerprint density at radius 3 is 2.56 bits per heavy atom. The lowest BCUT2D eigenvalue weighted by atomic mass is 10.2. The van der Waals surface area contributed by atoms with E-state index in [4.69, 9.17) is 0 Å². The van der Waals surface area contributed by atoms with E-state index in [0.29, 0.717) is 18.8 Å². The van der Waals surface area contributed by atoms with Crippen molar-refractivity contribution in [3.8, 4) is 5.69 Å². The number of nitrogens with one attached hydrogen (secondary N) is 1. The molecule has 1 fully saturated rings. The van der Waals surface area contributed by atoms with Gasteiger partial charge in [0.1, 0.15) is 0 Å². The fraction of sp³-hybridized carbons (Fsp3) is 0.250. The van der Waals surface area contributed by atoms with Gasteiger partial charge in [-0.3, -0.25) is 4.79 Å². The second kappa shape index (κ2) is 9.50. The molecule has 4 rings (SSSR count). The average molecular weight is 451 g/mol. The molecule has 2 aromatic carbocycles. The molecule has 1 aromatic heterocycles. The van der Waals surface area contributed by atoms with Crippen molar-refractivity contribution in [2.75, 3.05) is 18.4 Å². The Labute approximate surface area is 188 Å². The molecule has 166 valence electrons. The van der Waals surface area contributed by atoms with Gasteiger partial charge in [0.15, 0.2) is 0 Å². The highest BCUT2D eigenvalue weighted by molar-refractivity contribution is 7.89. The Morgan fingerprint density at radius 1 is 1.06 bits per heavy atom. The van der Waals surface area contributed by atoms with E-state index in [1.807, 2.05) is 43.5 Å². The highest BCUT2D eigenvalue weighted by atomic mass is 32.2. The van der Waals surface area contributed by atoms with Crippen LogP contribution in [0.15, 0.2) is 71.9 Å². The molecular formula is C24H26N4O3S. The summed E-state index contributed by atoms with van der Waals surface area (Å²) < 4.78 is 29.2. The summed E-state index contributed by atoms with van der Waals surface area (Å²) in [5.74, 6) is -0.340. The van der Waals surface area contributed by atoms with Crippen molar-refractivity contribution in [1.29, 1.82) is 0 Å². The molecule has 0 aliphatic carbocycles. The summed E-state index contributed by atoms with van der Waals surface area (Å²) in [6.07, 6.45) is 9.39. The number of aromatic nitrogens is 2. The van der Waals surface area contributed by atoms with Crippen molar-refractivity contribution in [2.24, 2.45) is 0 Å². The minimum absolute atomic E-state index is 0.202. The lowest BCUT2D eigenvalue weighted by molar-refractivity contribution is -0.111. The normalized spacial score (nSPS) is 15.2. The molecule has 1 aliphatic heterocycles. The number of hydrogen-bond donors (Lipinski definition) is 1. The largest absolute Gasteiger partial charge is 0.322 e. The number of hydrogen-bond acceptors (Lipinski definition) is 4. The number of para-hydroxylation sites is 1. The SMILES string of the molecule is Cc1ccc(S(=O)(=O)N2CCCCC2)cc1NC(=O)/C=C/c1cnn(-c2ccccc2)c1. The van der Waals surface area contributed by atoms with E-state index >= 15 is 0 Å². The van der Waals surface area contributed by atoms with Gasteiger partial charge in [0.25, 0.3) is 0 Å². The number of carbonyl (C=O) groups excluding carboxylic acids is 1. The first kappa shape index (κ1) is 22.0. The van der Waals surface area contributed by atoms with Crippen molar-refractivity contribution >= 4 is 27.7 Å². The van der Waals surface area contributed by atoms with Gasteiger partial charge in [-0.25, -0.2) is 13.1 Å². The van der Waals surface area contributed by atoms with E-state index in [1.54, 1.807) is 35.2 Å². The Morgan fingerprint density at radius 2 is 1.81 bits per heavy atom. The zero-order valence-corrected chi connectivity index (χ0v) is 18.8. The highest BCUT2D eigenvalue weighted by Gasteiger charge is 2.26. The molecule has 1 amide bonds. The van der Waals surface area contributed by atoms with Crippen molar-refractivity contribution in [3.63, 3.8) is 0 Å². The number of rotatable bonds is 6. The van der Waals surface area contributed by atoms with Crippen LogP contribution in [-0.4, -0.2) is 41.5 Å². The van der Waals surface area contributed by atoms with Crippen LogP contribution in [0, 0.1) is 6.92 Å². The quantitative estimate of drug-likeness (QED) is 0.575. The van der Waals surface area contributed by atoms with Gasteiger partial charge in [-0.1, -0.05) is 30.7 Å². The maximum Gasteiger partial charge on any atom is 0.248 e. The molecule has 0 unspecified atom stereocenters. The molecule has 1 aliphatic rings. The van der Waals surface area contributed by atoms with Gasteiger partial charge in [-0.05, 0) is 55.7 Å². The van der Waals surface area contributed by atoms with Crippen molar-refractivity contribution in [1.82, 2.24) is 14.1 Å². The van der Waals surface area contributed by atoms with Crippen LogP contribution in [-0.2, 0) is 14.8 Å². The predicted octanol–water partition coefficient (Wildman–Crippen LogP) is 4.01. The number of piperidine rings is 1. The zero-order valence-electron chi connectivity index (χ0n) is 17.9. The number of benzene rings is 2. The number of anilines is 1. The summed E-state index contributed by atoms with van der Waals surface area (Å²) in [7, 11) is -3.56. The molecule has 1 N–H and O–H groups in total. The number of amides is 1. The maximum absolute atomic E-state index is 13.0. The van der Waals surface area contributed by atoms with E-state index in [2.05, 4.69) is 10.4 Å². The van der Waals surface area contributed by atoms with Crippen LogP contribution in [0.1, 0.15) is 30.4 Å². The smallest absolute Gasteiger partial charge is 0.248 e. The van der Waals surface area contributed by atoms with Crippen LogP contribution >= 0.6 is 0 Å². The van der Waals surface area contributed by atoms with E-state index in [-0.39, 0.29) is 10.8 Å². The number of sulfonamides is 1. The molecule has 8 heteroatoms. The molecular weight excluding hydrogens is 424 g/mol. The fourth-order valence-electron chi connectivity index (χ4n) is 3.64. The third-order valence-corrected chi connectivity index (χ3v) is 7.36. The van der Waals surface area contributed by atoms with Crippen molar-refractivity contribution < 1.29 is 13.2 Å². The van der Waals surface area contributed by atoms with E-state index in [0.717, 1.165) is 36.1 Å². The van der Waals surface area contributed by atoms with Crippen LogP contribution in [0.25, 0.3) is 11.8 Å². The molecule has 0 saturated carbocycles. The van der Waals surface area contributed by atoms with Crippen molar-refractivity contribution in [2.45, 2.75) is 31.1 Å². The van der Waals surface area contributed by atoms with Gasteiger partial charge >= 0.3 is 0 Å². The van der Waals surface area contributed by atoms with E-state index in [1.165, 1.54) is 10.4 Å². The third-order valence-electron chi connectivity index (χ3n) is 5.47. The van der Waals surface area contributed by atoms with Crippen LogP contribution in [0.5, 0.6) is 0 Å². The van der Waals surface area contributed by atoms with Gasteiger partial charge in [0.05, 0.1) is 16.8 Å². The van der Waals surface area contributed by atoms with Crippen LogP contribution in [0.3, 0.4) is 0 Å². The second-order valence-electron chi connectivity index (χ2n) is 7.82. The van der Waals surface area contributed by atoms with Gasteiger partial charge in [-0.15, -0.1) is 0 Å². The zero-order chi connectivity index (χ0) is 22.6. The third kappa shape index (κ3) is 4.98. The van der Waals surface area contributed by atoms with Crippen LogP contribution in [0.2, 0.25) is 0 Å². The summed E-state index contributed by atoms with van der Waals surface area (Å²) in [5, 5.41) is 7.11. The summed E-state index contributed by atoms with van der Waals surface area (Å²) in [5.41, 5.74) is 2.99. The first-order chi connectivity index (χ1) is 15.4. The van der Waals surface area contributed by atoms with E-state index < -0.39 is 10.0 Å². The molecule has 0 bridgehead atoms. The topological polar surface area (TPSA) is 84.3 Å². The summed E-state index contributed by atoms with van der Waals surface area (Å²) in [6.45, 7) is 2.91. The standard InChI is InChI=1S/C24H26N4O3S/c1-19-10-12-22(32(30,31)27-14-6-3-7-15-27)16-23(19)26-24(29)13-11-20-17-25-28(18-20)21-8-4-2-5-9-21/h2,4-5,8-13,16-18H,3,6-7,14-15H2,1H3,(H,26,29)/b13-11+. The molecule has 1 saturated heterocycles. The number of nitrogens with zero attached hydrogens (tertiary/aromatic N) is 3.